The third-order valence-corrected chi connectivity index (χ3v) is 5.51. The zero-order valence-corrected chi connectivity index (χ0v) is 19.6. The number of hydrogen-bond acceptors (Lipinski definition) is 5. The molecule has 0 fully saturated rings. The number of halogens is 1. The van der Waals surface area contributed by atoms with Crippen molar-refractivity contribution in [1.29, 1.82) is 0 Å². The molecular formula is C18H30IN7S. The van der Waals surface area contributed by atoms with Gasteiger partial charge in [0.05, 0.1) is 17.2 Å². The molecule has 0 aromatic carbocycles. The molecule has 3 rings (SSSR count). The molecule has 150 valence electrons. The Balaban J connectivity index is 0.00000261. The van der Waals surface area contributed by atoms with E-state index in [1.165, 1.54) is 25.1 Å². The van der Waals surface area contributed by atoms with Gasteiger partial charge in [-0.3, -0.25) is 4.99 Å². The van der Waals surface area contributed by atoms with Gasteiger partial charge in [-0.2, -0.15) is 0 Å². The van der Waals surface area contributed by atoms with Crippen LogP contribution < -0.4 is 5.32 Å². The van der Waals surface area contributed by atoms with Crippen molar-refractivity contribution in [3.05, 3.63) is 27.7 Å². The summed E-state index contributed by atoms with van der Waals surface area (Å²) >= 11 is 1.69. The SMILES string of the molecule is CN=C(NCCCc1nnc2n1CCCCC2)N(C)Cc1csc(C)n1.I. The number of aliphatic imine (C=N–C) groups is 1. The second-order valence-corrected chi connectivity index (χ2v) is 7.85. The number of fused-ring (bicyclic) bond motifs is 1. The van der Waals surface area contributed by atoms with Crippen LogP contribution in [0.5, 0.6) is 0 Å². The topological polar surface area (TPSA) is 71.2 Å². The zero-order valence-electron chi connectivity index (χ0n) is 16.4. The lowest BCUT2D eigenvalue weighted by Gasteiger charge is -2.21. The van der Waals surface area contributed by atoms with Crippen molar-refractivity contribution in [3.8, 4) is 0 Å². The maximum atomic E-state index is 4.52. The van der Waals surface area contributed by atoms with E-state index in [0.29, 0.717) is 0 Å². The largest absolute Gasteiger partial charge is 0.356 e. The maximum absolute atomic E-state index is 4.52. The first-order valence-corrected chi connectivity index (χ1v) is 10.3. The monoisotopic (exact) mass is 503 g/mol. The molecule has 0 atom stereocenters. The normalized spacial score (nSPS) is 14.3. The quantitative estimate of drug-likeness (QED) is 0.284. The Kier molecular flexibility index (Phi) is 8.94. The molecule has 0 saturated heterocycles. The average Bonchev–Trinajstić information content (AvgIpc) is 3.12. The van der Waals surface area contributed by atoms with Gasteiger partial charge in [-0.05, 0) is 26.2 Å². The van der Waals surface area contributed by atoms with Gasteiger partial charge >= 0.3 is 0 Å². The number of aromatic nitrogens is 4. The molecule has 3 heterocycles. The molecule has 9 heteroatoms. The molecule has 0 unspecified atom stereocenters. The predicted octanol–water partition coefficient (Wildman–Crippen LogP) is 3.03. The fourth-order valence-electron chi connectivity index (χ4n) is 3.36. The summed E-state index contributed by atoms with van der Waals surface area (Å²) in [4.78, 5) is 11.0. The Bertz CT molecular complexity index is 740. The van der Waals surface area contributed by atoms with Gasteiger partial charge in [-0.1, -0.05) is 6.42 Å². The fraction of sp³-hybridized carbons (Fsp3) is 0.667. The van der Waals surface area contributed by atoms with E-state index in [2.05, 4.69) is 40.3 Å². The number of hydrogen-bond donors (Lipinski definition) is 1. The van der Waals surface area contributed by atoms with E-state index < -0.39 is 0 Å². The van der Waals surface area contributed by atoms with Crippen LogP contribution in [0.2, 0.25) is 0 Å². The van der Waals surface area contributed by atoms with Gasteiger partial charge in [0.15, 0.2) is 5.96 Å². The Labute approximate surface area is 182 Å². The van der Waals surface area contributed by atoms with Gasteiger partial charge in [0.1, 0.15) is 11.6 Å². The van der Waals surface area contributed by atoms with Crippen LogP contribution in [-0.4, -0.2) is 51.2 Å². The minimum Gasteiger partial charge on any atom is -0.356 e. The number of rotatable bonds is 6. The number of aryl methyl sites for hydroxylation is 3. The molecule has 7 nitrogen and oxygen atoms in total. The predicted molar refractivity (Wildman–Crippen MR) is 121 cm³/mol. The average molecular weight is 503 g/mol. The zero-order chi connectivity index (χ0) is 18.4. The molecule has 2 aromatic heterocycles. The second kappa shape index (κ2) is 10.9. The van der Waals surface area contributed by atoms with Gasteiger partial charge < -0.3 is 14.8 Å². The fourth-order valence-corrected chi connectivity index (χ4v) is 3.96. The van der Waals surface area contributed by atoms with E-state index in [1.54, 1.807) is 11.3 Å². The number of nitrogens with zero attached hydrogens (tertiary/aromatic N) is 6. The minimum atomic E-state index is 0. The van der Waals surface area contributed by atoms with Crippen molar-refractivity contribution in [2.24, 2.45) is 4.99 Å². The second-order valence-electron chi connectivity index (χ2n) is 6.79. The summed E-state index contributed by atoms with van der Waals surface area (Å²) in [5.41, 5.74) is 1.09. The number of guanidine groups is 1. The third kappa shape index (κ3) is 6.13. The summed E-state index contributed by atoms with van der Waals surface area (Å²) in [6, 6.07) is 0. The summed E-state index contributed by atoms with van der Waals surface area (Å²) in [6.07, 6.45) is 6.81. The molecule has 0 aliphatic carbocycles. The Morgan fingerprint density at radius 2 is 2.19 bits per heavy atom. The van der Waals surface area contributed by atoms with Gasteiger partial charge in [-0.25, -0.2) is 4.98 Å². The Morgan fingerprint density at radius 3 is 2.93 bits per heavy atom. The summed E-state index contributed by atoms with van der Waals surface area (Å²) < 4.78 is 2.33. The van der Waals surface area contributed by atoms with E-state index in [9.17, 15) is 0 Å². The van der Waals surface area contributed by atoms with Crippen LogP contribution in [0, 0.1) is 6.92 Å². The van der Waals surface area contributed by atoms with Crippen LogP contribution in [-0.2, 0) is 25.9 Å². The van der Waals surface area contributed by atoms with Crippen LogP contribution in [0.25, 0.3) is 0 Å². The van der Waals surface area contributed by atoms with Crippen molar-refractivity contribution in [2.75, 3.05) is 20.6 Å². The van der Waals surface area contributed by atoms with E-state index in [1.807, 2.05) is 21.0 Å². The highest BCUT2D eigenvalue weighted by atomic mass is 127. The van der Waals surface area contributed by atoms with E-state index >= 15 is 0 Å². The van der Waals surface area contributed by atoms with Crippen molar-refractivity contribution in [2.45, 2.75) is 58.5 Å². The first-order valence-electron chi connectivity index (χ1n) is 9.41. The summed E-state index contributed by atoms with van der Waals surface area (Å²) in [7, 11) is 3.87. The molecular weight excluding hydrogens is 473 g/mol. The Hall–Kier alpha value is -1.23. The highest BCUT2D eigenvalue weighted by Gasteiger charge is 2.14. The first-order chi connectivity index (χ1) is 12.7. The van der Waals surface area contributed by atoms with Crippen LogP contribution in [0.3, 0.4) is 0 Å². The molecule has 1 aliphatic rings. The van der Waals surface area contributed by atoms with Crippen molar-refractivity contribution in [3.63, 3.8) is 0 Å². The van der Waals surface area contributed by atoms with Crippen LogP contribution in [0.4, 0.5) is 0 Å². The molecule has 0 amide bonds. The van der Waals surface area contributed by atoms with E-state index in [-0.39, 0.29) is 24.0 Å². The first kappa shape index (κ1) is 22.1. The molecule has 0 spiro atoms. The van der Waals surface area contributed by atoms with Crippen LogP contribution in [0.1, 0.15) is 48.0 Å². The highest BCUT2D eigenvalue weighted by Crippen LogP contribution is 2.15. The van der Waals surface area contributed by atoms with Gasteiger partial charge in [0, 0.05) is 45.4 Å². The van der Waals surface area contributed by atoms with E-state index in [4.69, 9.17) is 0 Å². The van der Waals surface area contributed by atoms with Crippen molar-refractivity contribution < 1.29 is 0 Å². The lowest BCUT2D eigenvalue weighted by atomic mass is 10.2. The van der Waals surface area contributed by atoms with Crippen molar-refractivity contribution >= 4 is 41.3 Å². The number of thiazole rings is 1. The molecule has 0 radical (unpaired) electrons. The van der Waals surface area contributed by atoms with Crippen LogP contribution >= 0.6 is 35.3 Å². The summed E-state index contributed by atoms with van der Waals surface area (Å²) in [6.45, 7) is 4.74. The van der Waals surface area contributed by atoms with Gasteiger partial charge in [-0.15, -0.1) is 45.5 Å². The molecule has 1 aliphatic heterocycles. The lowest BCUT2D eigenvalue weighted by Crippen LogP contribution is -2.39. The van der Waals surface area contributed by atoms with Gasteiger partial charge in [0.2, 0.25) is 0 Å². The molecule has 27 heavy (non-hydrogen) atoms. The Morgan fingerprint density at radius 1 is 1.33 bits per heavy atom. The molecule has 2 aromatic rings. The summed E-state index contributed by atoms with van der Waals surface area (Å²) in [5.74, 6) is 3.19. The lowest BCUT2D eigenvalue weighted by molar-refractivity contribution is 0.469. The minimum absolute atomic E-state index is 0. The molecule has 0 bridgehead atoms. The van der Waals surface area contributed by atoms with Gasteiger partial charge in [0.25, 0.3) is 0 Å². The molecule has 0 saturated carbocycles. The van der Waals surface area contributed by atoms with E-state index in [0.717, 1.165) is 61.4 Å². The van der Waals surface area contributed by atoms with Crippen molar-refractivity contribution in [1.82, 2.24) is 30.0 Å². The maximum Gasteiger partial charge on any atom is 0.193 e. The summed E-state index contributed by atoms with van der Waals surface area (Å²) in [5, 5.41) is 15.4. The standard InChI is InChI=1S/C18H29N7S.HI/c1-14-21-15(13-26-14)12-24(3)18(19-2)20-10-7-9-17-23-22-16-8-5-4-6-11-25(16)17;/h13H,4-12H2,1-3H3,(H,19,20);1H. The third-order valence-electron chi connectivity index (χ3n) is 4.69. The number of nitrogens with one attached hydrogen (secondary N) is 1. The van der Waals surface area contributed by atoms with Crippen LogP contribution in [0.15, 0.2) is 10.4 Å². The molecule has 1 N–H and O–H groups in total. The smallest absolute Gasteiger partial charge is 0.193 e. The highest BCUT2D eigenvalue weighted by molar-refractivity contribution is 14.0.